The Hall–Kier alpha value is -0.340. The molecule has 0 aromatic carbocycles. The fourth-order valence-electron chi connectivity index (χ4n) is 2.43. The van der Waals surface area contributed by atoms with Crippen molar-refractivity contribution in [2.24, 2.45) is 11.8 Å². The molecule has 2 heteroatoms. The zero-order chi connectivity index (χ0) is 7.84. The van der Waals surface area contributed by atoms with Gasteiger partial charge in [-0.25, -0.2) is 0 Å². The highest BCUT2D eigenvalue weighted by Crippen LogP contribution is 2.47. The second-order valence-electron chi connectivity index (χ2n) is 3.68. The van der Waals surface area contributed by atoms with E-state index in [4.69, 9.17) is 10.2 Å². The summed E-state index contributed by atoms with van der Waals surface area (Å²) in [7, 11) is 0. The van der Waals surface area contributed by atoms with Gasteiger partial charge in [0.05, 0.1) is 6.61 Å². The van der Waals surface area contributed by atoms with Crippen LogP contribution in [0.3, 0.4) is 0 Å². The van der Waals surface area contributed by atoms with Gasteiger partial charge < -0.3 is 10.2 Å². The van der Waals surface area contributed by atoms with Crippen LogP contribution < -0.4 is 0 Å². The van der Waals surface area contributed by atoms with Crippen LogP contribution in [0.1, 0.15) is 19.3 Å². The largest absolute Gasteiger partial charge is 0.396 e. The molecule has 2 unspecified atom stereocenters. The fraction of sp³-hybridized carbons (Fsp3) is 0.778. The molecular formula is C9H14O2. The summed E-state index contributed by atoms with van der Waals surface area (Å²) in [6.45, 7) is 0.566. The van der Waals surface area contributed by atoms with Crippen LogP contribution in [0.15, 0.2) is 11.1 Å². The van der Waals surface area contributed by atoms with E-state index >= 15 is 0 Å². The highest BCUT2D eigenvalue weighted by molar-refractivity contribution is 5.27. The van der Waals surface area contributed by atoms with Crippen molar-refractivity contribution in [2.75, 3.05) is 13.2 Å². The molecule has 1 fully saturated rings. The van der Waals surface area contributed by atoms with E-state index in [0.29, 0.717) is 18.4 Å². The molecule has 0 amide bonds. The maximum Gasteiger partial charge on any atom is 0.0644 e. The van der Waals surface area contributed by atoms with Gasteiger partial charge in [-0.1, -0.05) is 5.57 Å². The first kappa shape index (κ1) is 7.32. The molecule has 0 radical (unpaired) electrons. The Bertz CT molecular complexity index is 196. The first-order valence-electron chi connectivity index (χ1n) is 4.26. The smallest absolute Gasteiger partial charge is 0.0644 e. The van der Waals surface area contributed by atoms with Crippen LogP contribution in [0, 0.1) is 11.8 Å². The number of allylic oxidation sites excluding steroid dienone is 1. The Morgan fingerprint density at radius 1 is 1.18 bits per heavy atom. The summed E-state index contributed by atoms with van der Waals surface area (Å²) in [4.78, 5) is 0. The molecule has 11 heavy (non-hydrogen) atoms. The molecule has 0 aromatic rings. The molecule has 62 valence electrons. The summed E-state index contributed by atoms with van der Waals surface area (Å²) in [6, 6.07) is 0. The van der Waals surface area contributed by atoms with Gasteiger partial charge in [-0.2, -0.15) is 0 Å². The third kappa shape index (κ3) is 1.01. The molecule has 2 N–H and O–H groups in total. The Labute approximate surface area is 66.5 Å². The van der Waals surface area contributed by atoms with Gasteiger partial charge >= 0.3 is 0 Å². The SMILES string of the molecule is OCC1=C2CC(CO)C(C1)C2. The van der Waals surface area contributed by atoms with Gasteiger partial charge in [0.1, 0.15) is 0 Å². The van der Waals surface area contributed by atoms with Crippen LogP contribution in [0.25, 0.3) is 0 Å². The summed E-state index contributed by atoms with van der Waals surface area (Å²) < 4.78 is 0. The molecule has 1 saturated carbocycles. The van der Waals surface area contributed by atoms with Crippen LogP contribution >= 0.6 is 0 Å². The summed E-state index contributed by atoms with van der Waals surface area (Å²) in [5.74, 6) is 1.15. The lowest BCUT2D eigenvalue weighted by Gasteiger charge is -2.18. The monoisotopic (exact) mass is 154 g/mol. The summed E-state index contributed by atoms with van der Waals surface area (Å²) in [5.41, 5.74) is 2.68. The molecular weight excluding hydrogens is 140 g/mol. The first-order chi connectivity index (χ1) is 5.35. The van der Waals surface area contributed by atoms with Crippen molar-refractivity contribution in [1.29, 1.82) is 0 Å². The Balaban J connectivity index is 2.12. The number of fused-ring (bicyclic) bond motifs is 2. The van der Waals surface area contributed by atoms with Crippen LogP contribution in [0.2, 0.25) is 0 Å². The molecule has 2 aliphatic carbocycles. The molecule has 2 rings (SSSR count). The van der Waals surface area contributed by atoms with Crippen molar-refractivity contribution in [1.82, 2.24) is 0 Å². The predicted molar refractivity (Wildman–Crippen MR) is 42.0 cm³/mol. The zero-order valence-electron chi connectivity index (χ0n) is 6.58. The lowest BCUT2D eigenvalue weighted by molar-refractivity contribution is 0.189. The van der Waals surface area contributed by atoms with Crippen LogP contribution in [-0.2, 0) is 0 Å². The number of hydrogen-bond donors (Lipinski definition) is 2. The van der Waals surface area contributed by atoms with Crippen molar-refractivity contribution in [3.8, 4) is 0 Å². The van der Waals surface area contributed by atoms with Crippen molar-refractivity contribution >= 4 is 0 Å². The average molecular weight is 154 g/mol. The standard InChI is InChI=1S/C9H14O2/c10-4-8-2-6-1-7(8)3-9(6)5-11/h6,9-11H,1-5H2. The van der Waals surface area contributed by atoms with Crippen LogP contribution in [0.4, 0.5) is 0 Å². The normalized spacial score (nSPS) is 35.5. The third-order valence-electron chi connectivity index (χ3n) is 3.12. The lowest BCUT2D eigenvalue weighted by atomic mass is 9.89. The fourth-order valence-corrected chi connectivity index (χ4v) is 2.43. The second-order valence-corrected chi connectivity index (χ2v) is 3.68. The average Bonchev–Trinajstić information content (AvgIpc) is 2.60. The van der Waals surface area contributed by atoms with Gasteiger partial charge in [0, 0.05) is 6.61 Å². The van der Waals surface area contributed by atoms with E-state index in [9.17, 15) is 0 Å². The van der Waals surface area contributed by atoms with Gasteiger partial charge in [-0.05, 0) is 36.7 Å². The van der Waals surface area contributed by atoms with E-state index in [2.05, 4.69) is 0 Å². The van der Waals surface area contributed by atoms with E-state index < -0.39 is 0 Å². The minimum atomic E-state index is 0.240. The number of rotatable bonds is 2. The van der Waals surface area contributed by atoms with E-state index in [1.165, 1.54) is 11.1 Å². The van der Waals surface area contributed by atoms with E-state index in [0.717, 1.165) is 19.3 Å². The maximum atomic E-state index is 8.96. The van der Waals surface area contributed by atoms with E-state index in [1.54, 1.807) is 0 Å². The number of aliphatic hydroxyl groups excluding tert-OH is 2. The third-order valence-corrected chi connectivity index (χ3v) is 3.12. The lowest BCUT2D eigenvalue weighted by Crippen LogP contribution is -2.14. The molecule has 0 aromatic heterocycles. The maximum absolute atomic E-state index is 8.96. The van der Waals surface area contributed by atoms with Gasteiger partial charge in [0.25, 0.3) is 0 Å². The van der Waals surface area contributed by atoms with Gasteiger partial charge in [-0.15, -0.1) is 0 Å². The minimum Gasteiger partial charge on any atom is -0.396 e. The second kappa shape index (κ2) is 2.61. The number of hydrogen-bond acceptors (Lipinski definition) is 2. The molecule has 2 nitrogen and oxygen atoms in total. The molecule has 0 spiro atoms. The zero-order valence-corrected chi connectivity index (χ0v) is 6.58. The Morgan fingerprint density at radius 3 is 2.45 bits per heavy atom. The van der Waals surface area contributed by atoms with Gasteiger partial charge in [0.15, 0.2) is 0 Å². The predicted octanol–water partition coefficient (Wildman–Crippen LogP) is 0.698. The highest BCUT2D eigenvalue weighted by Gasteiger charge is 2.37. The molecule has 0 aliphatic heterocycles. The van der Waals surface area contributed by atoms with Gasteiger partial charge in [0.2, 0.25) is 0 Å². The van der Waals surface area contributed by atoms with Crippen LogP contribution in [0.5, 0.6) is 0 Å². The summed E-state index contributed by atoms with van der Waals surface area (Å²) in [6.07, 6.45) is 3.22. The number of aliphatic hydroxyl groups is 2. The van der Waals surface area contributed by atoms with Crippen molar-refractivity contribution in [3.05, 3.63) is 11.1 Å². The van der Waals surface area contributed by atoms with Crippen molar-refractivity contribution in [3.63, 3.8) is 0 Å². The summed E-state index contributed by atoms with van der Waals surface area (Å²) in [5, 5.41) is 17.9. The Kier molecular flexibility index (Phi) is 1.74. The first-order valence-corrected chi connectivity index (χ1v) is 4.26. The quantitative estimate of drug-likeness (QED) is 0.575. The molecule has 2 aliphatic rings. The minimum absolute atomic E-state index is 0.240. The highest BCUT2D eigenvalue weighted by atomic mass is 16.3. The molecule has 2 atom stereocenters. The summed E-state index contributed by atoms with van der Waals surface area (Å²) >= 11 is 0. The van der Waals surface area contributed by atoms with Crippen LogP contribution in [-0.4, -0.2) is 23.4 Å². The Morgan fingerprint density at radius 2 is 2.00 bits per heavy atom. The molecule has 2 bridgehead atoms. The molecule has 0 heterocycles. The van der Waals surface area contributed by atoms with E-state index in [1.807, 2.05) is 0 Å². The van der Waals surface area contributed by atoms with Crippen molar-refractivity contribution in [2.45, 2.75) is 19.3 Å². The van der Waals surface area contributed by atoms with Gasteiger partial charge in [-0.3, -0.25) is 0 Å². The van der Waals surface area contributed by atoms with E-state index in [-0.39, 0.29) is 6.61 Å². The molecule has 0 saturated heterocycles. The topological polar surface area (TPSA) is 40.5 Å². The van der Waals surface area contributed by atoms with Crippen molar-refractivity contribution < 1.29 is 10.2 Å².